The summed E-state index contributed by atoms with van der Waals surface area (Å²) < 4.78 is 5.11. The quantitative estimate of drug-likeness (QED) is 0.855. The van der Waals surface area contributed by atoms with Crippen LogP contribution in [0.2, 0.25) is 5.02 Å². The summed E-state index contributed by atoms with van der Waals surface area (Å²) in [7, 11) is 1.59. The van der Waals surface area contributed by atoms with Crippen molar-refractivity contribution in [2.45, 2.75) is 12.0 Å². The number of benzene rings is 1. The monoisotopic (exact) mass is 256 g/mol. The number of methoxy groups -OCH3 is 1. The second-order valence-electron chi connectivity index (χ2n) is 4.51. The van der Waals surface area contributed by atoms with Gasteiger partial charge in [-0.1, -0.05) is 11.6 Å². The van der Waals surface area contributed by atoms with E-state index in [0.717, 1.165) is 18.7 Å². The molecule has 4 nitrogen and oxygen atoms in total. The Hall–Kier alpha value is -0.970. The van der Waals surface area contributed by atoms with Crippen molar-refractivity contribution in [2.24, 2.45) is 5.73 Å². The normalized spacial score (nSPS) is 24.1. The third-order valence-electron chi connectivity index (χ3n) is 3.20. The summed E-state index contributed by atoms with van der Waals surface area (Å²) in [6.07, 6.45) is 0.785. The van der Waals surface area contributed by atoms with Gasteiger partial charge < -0.3 is 20.5 Å². The first-order chi connectivity index (χ1) is 8.08. The maximum Gasteiger partial charge on any atom is 0.137 e. The van der Waals surface area contributed by atoms with Gasteiger partial charge in [0, 0.05) is 18.8 Å². The molecule has 1 aromatic carbocycles. The smallest absolute Gasteiger partial charge is 0.137 e. The average molecular weight is 257 g/mol. The van der Waals surface area contributed by atoms with Gasteiger partial charge in [-0.3, -0.25) is 0 Å². The van der Waals surface area contributed by atoms with Gasteiger partial charge in [0.1, 0.15) is 5.75 Å². The molecule has 3 N–H and O–H groups in total. The second kappa shape index (κ2) is 4.72. The minimum Gasteiger partial charge on any atom is -0.495 e. The molecule has 1 aromatic rings. The number of nitrogens with zero attached hydrogens (tertiary/aromatic N) is 1. The zero-order valence-electron chi connectivity index (χ0n) is 9.82. The Kier molecular flexibility index (Phi) is 3.47. The van der Waals surface area contributed by atoms with Gasteiger partial charge >= 0.3 is 0 Å². The van der Waals surface area contributed by atoms with Gasteiger partial charge in [-0.2, -0.15) is 0 Å². The van der Waals surface area contributed by atoms with E-state index in [9.17, 15) is 5.11 Å². The summed E-state index contributed by atoms with van der Waals surface area (Å²) in [5, 5.41) is 9.82. The van der Waals surface area contributed by atoms with Crippen molar-refractivity contribution in [3.05, 3.63) is 23.2 Å². The summed E-state index contributed by atoms with van der Waals surface area (Å²) in [5.41, 5.74) is 6.55. The summed E-state index contributed by atoms with van der Waals surface area (Å²) >= 11 is 6.08. The van der Waals surface area contributed by atoms with Crippen LogP contribution in [-0.4, -0.2) is 37.5 Å². The van der Waals surface area contributed by atoms with Crippen LogP contribution < -0.4 is 15.4 Å². The molecule has 0 bridgehead atoms. The first kappa shape index (κ1) is 12.5. The molecule has 1 unspecified atom stereocenters. The van der Waals surface area contributed by atoms with Crippen molar-refractivity contribution in [3.63, 3.8) is 0 Å². The summed E-state index contributed by atoms with van der Waals surface area (Å²) in [6.45, 7) is 1.49. The molecular formula is C12H17ClN2O2. The van der Waals surface area contributed by atoms with Crippen molar-refractivity contribution < 1.29 is 9.84 Å². The predicted molar refractivity (Wildman–Crippen MR) is 68.8 cm³/mol. The fraction of sp³-hybridized carbons (Fsp3) is 0.500. The molecule has 2 rings (SSSR count). The van der Waals surface area contributed by atoms with Crippen LogP contribution in [0.1, 0.15) is 6.42 Å². The Morgan fingerprint density at radius 2 is 2.35 bits per heavy atom. The third kappa shape index (κ3) is 2.49. The van der Waals surface area contributed by atoms with E-state index >= 15 is 0 Å². The number of ether oxygens (including phenoxy) is 1. The van der Waals surface area contributed by atoms with Gasteiger partial charge in [0.25, 0.3) is 0 Å². The van der Waals surface area contributed by atoms with E-state index in [0.29, 0.717) is 17.3 Å². The highest BCUT2D eigenvalue weighted by Gasteiger charge is 2.33. The van der Waals surface area contributed by atoms with Crippen molar-refractivity contribution in [3.8, 4) is 5.75 Å². The van der Waals surface area contributed by atoms with Crippen LogP contribution in [-0.2, 0) is 0 Å². The number of anilines is 1. The number of rotatable bonds is 3. The van der Waals surface area contributed by atoms with E-state index in [-0.39, 0.29) is 6.61 Å². The molecule has 0 saturated carbocycles. The van der Waals surface area contributed by atoms with Crippen molar-refractivity contribution in [1.82, 2.24) is 0 Å². The van der Waals surface area contributed by atoms with Gasteiger partial charge in [0.15, 0.2) is 0 Å². The molecule has 1 atom stereocenters. The van der Waals surface area contributed by atoms with Gasteiger partial charge in [-0.15, -0.1) is 0 Å². The van der Waals surface area contributed by atoms with Crippen molar-refractivity contribution >= 4 is 17.3 Å². The lowest BCUT2D eigenvalue weighted by Gasteiger charge is -2.23. The lowest BCUT2D eigenvalue weighted by atomic mass is 10.0. The van der Waals surface area contributed by atoms with E-state index in [2.05, 4.69) is 4.90 Å². The SMILES string of the molecule is COc1ccc(N2CCC(N)(CO)C2)cc1Cl. The highest BCUT2D eigenvalue weighted by Crippen LogP contribution is 2.32. The molecule has 1 aliphatic rings. The van der Waals surface area contributed by atoms with E-state index in [4.69, 9.17) is 22.1 Å². The molecular weight excluding hydrogens is 240 g/mol. The maximum absolute atomic E-state index is 9.23. The Bertz CT molecular complexity index is 413. The predicted octanol–water partition coefficient (Wildman–Crippen LogP) is 1.25. The third-order valence-corrected chi connectivity index (χ3v) is 3.50. The Morgan fingerprint density at radius 3 is 2.88 bits per heavy atom. The molecule has 94 valence electrons. The van der Waals surface area contributed by atoms with Gasteiger partial charge in [0.2, 0.25) is 0 Å². The number of hydrogen-bond donors (Lipinski definition) is 2. The summed E-state index contributed by atoms with van der Waals surface area (Å²) in [4.78, 5) is 2.13. The molecule has 5 heteroatoms. The van der Waals surface area contributed by atoms with E-state index in [1.165, 1.54) is 0 Å². The molecule has 17 heavy (non-hydrogen) atoms. The largest absolute Gasteiger partial charge is 0.495 e. The molecule has 1 fully saturated rings. The maximum atomic E-state index is 9.23. The lowest BCUT2D eigenvalue weighted by Crippen LogP contribution is -2.46. The molecule has 1 saturated heterocycles. The van der Waals surface area contributed by atoms with Crippen LogP contribution in [0.3, 0.4) is 0 Å². The van der Waals surface area contributed by atoms with E-state index in [1.54, 1.807) is 7.11 Å². The number of halogens is 1. The van der Waals surface area contributed by atoms with E-state index in [1.807, 2.05) is 18.2 Å². The minimum absolute atomic E-state index is 0.00733. The van der Waals surface area contributed by atoms with Crippen LogP contribution in [0.5, 0.6) is 5.75 Å². The number of hydrogen-bond acceptors (Lipinski definition) is 4. The molecule has 1 aliphatic heterocycles. The standard InChI is InChI=1S/C12H17ClN2O2/c1-17-11-3-2-9(6-10(11)13)15-5-4-12(14,7-15)8-16/h2-3,6,16H,4-5,7-8,14H2,1H3. The Morgan fingerprint density at radius 1 is 1.59 bits per heavy atom. The first-order valence-corrected chi connectivity index (χ1v) is 5.94. The summed E-state index contributed by atoms with van der Waals surface area (Å²) in [6, 6.07) is 5.66. The van der Waals surface area contributed by atoms with Crippen molar-refractivity contribution in [2.75, 3.05) is 31.7 Å². The number of aliphatic hydroxyl groups excluding tert-OH is 1. The Balaban J connectivity index is 2.17. The zero-order chi connectivity index (χ0) is 12.5. The first-order valence-electron chi connectivity index (χ1n) is 5.56. The van der Waals surface area contributed by atoms with Crippen LogP contribution >= 0.6 is 11.6 Å². The zero-order valence-corrected chi connectivity index (χ0v) is 10.6. The Labute approximate surface area is 106 Å². The second-order valence-corrected chi connectivity index (χ2v) is 4.92. The molecule has 0 aromatic heterocycles. The highest BCUT2D eigenvalue weighted by molar-refractivity contribution is 6.32. The van der Waals surface area contributed by atoms with Gasteiger partial charge in [-0.05, 0) is 24.6 Å². The van der Waals surface area contributed by atoms with Gasteiger partial charge in [0.05, 0.1) is 24.3 Å². The molecule has 0 spiro atoms. The highest BCUT2D eigenvalue weighted by atomic mass is 35.5. The van der Waals surface area contributed by atoms with Gasteiger partial charge in [-0.25, -0.2) is 0 Å². The van der Waals surface area contributed by atoms with Crippen molar-refractivity contribution in [1.29, 1.82) is 0 Å². The van der Waals surface area contributed by atoms with Crippen LogP contribution in [0, 0.1) is 0 Å². The number of aliphatic hydroxyl groups is 1. The van der Waals surface area contributed by atoms with E-state index < -0.39 is 5.54 Å². The average Bonchev–Trinajstić information content (AvgIpc) is 2.73. The molecule has 0 radical (unpaired) electrons. The fourth-order valence-corrected chi connectivity index (χ4v) is 2.35. The topological polar surface area (TPSA) is 58.7 Å². The lowest BCUT2D eigenvalue weighted by molar-refractivity contribution is 0.210. The molecule has 0 amide bonds. The van der Waals surface area contributed by atoms with Crippen LogP contribution in [0.25, 0.3) is 0 Å². The van der Waals surface area contributed by atoms with Crippen LogP contribution in [0.4, 0.5) is 5.69 Å². The molecule has 0 aliphatic carbocycles. The van der Waals surface area contributed by atoms with Crippen LogP contribution in [0.15, 0.2) is 18.2 Å². The summed E-state index contributed by atoms with van der Waals surface area (Å²) in [5.74, 6) is 0.663. The fourth-order valence-electron chi connectivity index (χ4n) is 2.10. The molecule has 1 heterocycles. The minimum atomic E-state index is -0.494. The number of nitrogens with two attached hydrogens (primary N) is 1.